The van der Waals surface area contributed by atoms with Crippen LogP contribution in [0, 0.1) is 0 Å². The van der Waals surface area contributed by atoms with Gasteiger partial charge in [-0.3, -0.25) is 9.59 Å². The maximum Gasteiger partial charge on any atom is 0.325 e. The van der Waals surface area contributed by atoms with Crippen LogP contribution in [0.25, 0.3) is 10.9 Å². The van der Waals surface area contributed by atoms with Crippen molar-refractivity contribution in [2.45, 2.75) is 6.54 Å². The lowest BCUT2D eigenvalue weighted by Gasteiger charge is -2.18. The van der Waals surface area contributed by atoms with Crippen LogP contribution < -0.4 is 4.90 Å². The molecule has 3 aromatic rings. The minimum Gasteiger partial charge on any atom is -0.468 e. The zero-order chi connectivity index (χ0) is 17.1. The van der Waals surface area contributed by atoms with Crippen molar-refractivity contribution in [3.63, 3.8) is 0 Å². The Morgan fingerprint density at radius 1 is 1.04 bits per heavy atom. The minimum absolute atomic E-state index is 0.00623. The summed E-state index contributed by atoms with van der Waals surface area (Å²) < 4.78 is 6.46. The molecule has 0 unspecified atom stereocenters. The highest BCUT2D eigenvalue weighted by Crippen LogP contribution is 2.23. The molecule has 122 valence electrons. The summed E-state index contributed by atoms with van der Waals surface area (Å²) in [5.41, 5.74) is 2.07. The van der Waals surface area contributed by atoms with Crippen LogP contribution in [0.1, 0.15) is 10.5 Å². The van der Waals surface area contributed by atoms with Crippen molar-refractivity contribution in [3.05, 3.63) is 66.4 Å². The predicted molar refractivity (Wildman–Crippen MR) is 93.1 cm³/mol. The Kier molecular flexibility index (Phi) is 4.33. The van der Waals surface area contributed by atoms with E-state index in [4.69, 9.17) is 4.74 Å². The van der Waals surface area contributed by atoms with Crippen LogP contribution in [-0.4, -0.2) is 30.6 Å². The van der Waals surface area contributed by atoms with E-state index in [0.29, 0.717) is 5.69 Å². The molecule has 0 bridgehead atoms. The maximum atomic E-state index is 13.0. The molecule has 0 saturated heterocycles. The van der Waals surface area contributed by atoms with E-state index in [1.807, 2.05) is 54.6 Å². The molecule has 24 heavy (non-hydrogen) atoms. The van der Waals surface area contributed by atoms with E-state index in [1.165, 1.54) is 7.11 Å². The molecule has 5 heteroatoms. The Labute approximate surface area is 140 Å². The van der Waals surface area contributed by atoms with Gasteiger partial charge in [-0.25, -0.2) is 0 Å². The van der Waals surface area contributed by atoms with Gasteiger partial charge in [0.05, 0.1) is 7.11 Å². The van der Waals surface area contributed by atoms with Gasteiger partial charge in [0, 0.05) is 23.6 Å². The van der Waals surface area contributed by atoms with Crippen LogP contribution >= 0.6 is 0 Å². The number of methoxy groups -OCH3 is 1. The van der Waals surface area contributed by atoms with Gasteiger partial charge in [0.25, 0.3) is 5.91 Å². The number of hydrogen-bond acceptors (Lipinski definition) is 3. The lowest BCUT2D eigenvalue weighted by molar-refractivity contribution is -0.141. The monoisotopic (exact) mass is 322 g/mol. The van der Waals surface area contributed by atoms with Gasteiger partial charge in [-0.2, -0.15) is 0 Å². The van der Waals surface area contributed by atoms with Gasteiger partial charge < -0.3 is 14.2 Å². The first-order valence-corrected chi connectivity index (χ1v) is 7.60. The first-order valence-electron chi connectivity index (χ1n) is 7.60. The van der Waals surface area contributed by atoms with Crippen LogP contribution in [0.15, 0.2) is 60.7 Å². The molecule has 0 spiro atoms. The summed E-state index contributed by atoms with van der Waals surface area (Å²) in [6.45, 7) is -0.00623. The summed E-state index contributed by atoms with van der Waals surface area (Å²) in [4.78, 5) is 26.3. The Hall–Kier alpha value is -3.08. The number of aromatic nitrogens is 1. The number of hydrogen-bond donors (Lipinski definition) is 0. The third-order valence-electron chi connectivity index (χ3n) is 3.99. The molecular weight excluding hydrogens is 304 g/mol. The molecular formula is C19H18N2O3. The number of rotatable bonds is 4. The number of carbonyl (C=O) groups excluding carboxylic acids is 2. The molecule has 0 radical (unpaired) electrons. The Balaban J connectivity index is 2.06. The molecule has 0 atom stereocenters. The van der Waals surface area contributed by atoms with E-state index in [9.17, 15) is 9.59 Å². The molecule has 2 aromatic carbocycles. The number of para-hydroxylation sites is 2. The molecule has 0 aliphatic rings. The fourth-order valence-electron chi connectivity index (χ4n) is 2.69. The van der Waals surface area contributed by atoms with E-state index in [-0.39, 0.29) is 12.5 Å². The van der Waals surface area contributed by atoms with Gasteiger partial charge >= 0.3 is 5.97 Å². The Morgan fingerprint density at radius 3 is 2.42 bits per heavy atom. The highest BCUT2D eigenvalue weighted by Gasteiger charge is 2.21. The second-order valence-electron chi connectivity index (χ2n) is 5.45. The van der Waals surface area contributed by atoms with Gasteiger partial charge in [-0.05, 0) is 24.3 Å². The van der Waals surface area contributed by atoms with E-state index in [2.05, 4.69) is 0 Å². The van der Waals surface area contributed by atoms with Gasteiger partial charge in [-0.15, -0.1) is 0 Å². The number of amides is 1. The zero-order valence-corrected chi connectivity index (χ0v) is 13.6. The van der Waals surface area contributed by atoms with E-state index < -0.39 is 5.97 Å². The van der Waals surface area contributed by atoms with E-state index in [0.717, 1.165) is 16.6 Å². The summed E-state index contributed by atoms with van der Waals surface area (Å²) in [5.74, 6) is -0.575. The quantitative estimate of drug-likeness (QED) is 0.694. The van der Waals surface area contributed by atoms with Crippen molar-refractivity contribution in [1.82, 2.24) is 4.57 Å². The number of carbonyl (C=O) groups is 2. The molecule has 0 saturated carbocycles. The largest absolute Gasteiger partial charge is 0.468 e. The fourth-order valence-corrected chi connectivity index (χ4v) is 2.69. The van der Waals surface area contributed by atoms with Crippen LogP contribution in [0.4, 0.5) is 5.69 Å². The molecule has 0 aliphatic heterocycles. The van der Waals surface area contributed by atoms with Gasteiger partial charge in [0.2, 0.25) is 0 Å². The number of nitrogens with zero attached hydrogens (tertiary/aromatic N) is 2. The zero-order valence-electron chi connectivity index (χ0n) is 13.6. The molecule has 3 rings (SSSR count). The summed E-state index contributed by atoms with van der Waals surface area (Å²) in [7, 11) is 3.06. The van der Waals surface area contributed by atoms with Crippen LogP contribution in [0.5, 0.6) is 0 Å². The topological polar surface area (TPSA) is 51.5 Å². The molecule has 1 amide bonds. The number of esters is 1. The molecule has 0 fully saturated rings. The van der Waals surface area contributed by atoms with Crippen molar-refractivity contribution >= 4 is 28.5 Å². The van der Waals surface area contributed by atoms with E-state index >= 15 is 0 Å². The number of ether oxygens (including phenoxy) is 1. The van der Waals surface area contributed by atoms with Crippen molar-refractivity contribution < 1.29 is 14.3 Å². The number of benzene rings is 2. The summed E-state index contributed by atoms with van der Waals surface area (Å²) in [5, 5.41) is 0.909. The predicted octanol–water partition coefficient (Wildman–Crippen LogP) is 3.09. The highest BCUT2D eigenvalue weighted by atomic mass is 16.5. The summed E-state index contributed by atoms with van der Waals surface area (Å²) >= 11 is 0. The lowest BCUT2D eigenvalue weighted by atomic mass is 10.2. The number of anilines is 1. The fraction of sp³-hybridized carbons (Fsp3) is 0.158. The summed E-state index contributed by atoms with van der Waals surface area (Å²) in [6.07, 6.45) is 0. The molecule has 0 aliphatic carbocycles. The second kappa shape index (κ2) is 6.58. The Bertz CT molecular complexity index is 884. The van der Waals surface area contributed by atoms with Crippen molar-refractivity contribution in [3.8, 4) is 0 Å². The van der Waals surface area contributed by atoms with Gasteiger partial charge in [0.1, 0.15) is 12.2 Å². The van der Waals surface area contributed by atoms with Crippen LogP contribution in [0.2, 0.25) is 0 Å². The average Bonchev–Trinajstić information content (AvgIpc) is 2.99. The molecule has 1 aromatic heterocycles. The second-order valence-corrected chi connectivity index (χ2v) is 5.45. The molecule has 5 nitrogen and oxygen atoms in total. The third-order valence-corrected chi connectivity index (χ3v) is 3.99. The first-order chi connectivity index (χ1) is 11.6. The number of fused-ring (bicyclic) bond motifs is 1. The molecule has 0 N–H and O–H groups in total. The lowest BCUT2D eigenvalue weighted by Crippen LogP contribution is -2.29. The normalized spacial score (nSPS) is 10.6. The van der Waals surface area contributed by atoms with Crippen molar-refractivity contribution in [2.75, 3.05) is 19.1 Å². The van der Waals surface area contributed by atoms with E-state index in [1.54, 1.807) is 22.6 Å². The van der Waals surface area contributed by atoms with Crippen molar-refractivity contribution in [2.24, 2.45) is 0 Å². The Morgan fingerprint density at radius 2 is 1.71 bits per heavy atom. The minimum atomic E-state index is -0.396. The first kappa shape index (κ1) is 15.8. The summed E-state index contributed by atoms with van der Waals surface area (Å²) in [6, 6.07) is 18.8. The third kappa shape index (κ3) is 2.88. The van der Waals surface area contributed by atoms with Crippen molar-refractivity contribution in [1.29, 1.82) is 0 Å². The standard InChI is InChI=1S/C19H18N2O3/c1-20(15-9-4-3-5-10-15)19(23)17-12-14-8-6-7-11-16(14)21(17)13-18(22)24-2/h3-12H,13H2,1-2H3. The van der Waals surface area contributed by atoms with Gasteiger partial charge in [-0.1, -0.05) is 36.4 Å². The molecule has 1 heterocycles. The highest BCUT2D eigenvalue weighted by molar-refractivity contribution is 6.08. The maximum absolute atomic E-state index is 13.0. The van der Waals surface area contributed by atoms with Crippen LogP contribution in [0.3, 0.4) is 0 Å². The van der Waals surface area contributed by atoms with Gasteiger partial charge in [0.15, 0.2) is 0 Å². The average molecular weight is 322 g/mol. The SMILES string of the molecule is COC(=O)Cn1c(C(=O)N(C)c2ccccc2)cc2ccccc21. The van der Waals surface area contributed by atoms with Crippen LogP contribution in [-0.2, 0) is 16.1 Å². The smallest absolute Gasteiger partial charge is 0.325 e.